The number of aryl methyl sites for hydroxylation is 2. The van der Waals surface area contributed by atoms with Gasteiger partial charge in [0.1, 0.15) is 5.82 Å². The smallest absolute Gasteiger partial charge is 0.226 e. The van der Waals surface area contributed by atoms with Crippen LogP contribution >= 0.6 is 15.9 Å². The van der Waals surface area contributed by atoms with Crippen LogP contribution in [-0.4, -0.2) is 36.2 Å². The summed E-state index contributed by atoms with van der Waals surface area (Å²) in [5.41, 5.74) is 0.725. The topological polar surface area (TPSA) is 75.3 Å². The first-order chi connectivity index (χ1) is 13.0. The Kier molecular flexibility index (Phi) is 8.71. The molecule has 2 aromatic rings. The van der Waals surface area contributed by atoms with Gasteiger partial charge in [0.2, 0.25) is 5.89 Å². The van der Waals surface area contributed by atoms with Crippen LogP contribution in [0.1, 0.15) is 49.9 Å². The quantitative estimate of drug-likeness (QED) is 0.352. The number of guanidine groups is 1. The van der Waals surface area contributed by atoms with Crippen molar-refractivity contribution in [2.45, 2.75) is 45.4 Å². The zero-order valence-electron chi connectivity index (χ0n) is 16.1. The highest BCUT2D eigenvalue weighted by Crippen LogP contribution is 2.16. The number of nitrogens with zero attached hydrogens (tertiary/aromatic N) is 3. The van der Waals surface area contributed by atoms with Crippen molar-refractivity contribution in [3.63, 3.8) is 0 Å². The van der Waals surface area contributed by atoms with E-state index in [9.17, 15) is 4.39 Å². The maximum atomic E-state index is 13.8. The highest BCUT2D eigenvalue weighted by Gasteiger charge is 2.09. The molecule has 0 radical (unpaired) electrons. The van der Waals surface area contributed by atoms with Gasteiger partial charge in [0, 0.05) is 36.9 Å². The van der Waals surface area contributed by atoms with E-state index < -0.39 is 0 Å². The van der Waals surface area contributed by atoms with Gasteiger partial charge in [0.15, 0.2) is 11.8 Å². The van der Waals surface area contributed by atoms with E-state index in [1.165, 1.54) is 6.07 Å². The Morgan fingerprint density at radius 2 is 1.93 bits per heavy atom. The molecule has 8 heteroatoms. The Balaban J connectivity index is 1.62. The molecule has 0 spiro atoms. The lowest BCUT2D eigenvalue weighted by atomic mass is 10.1. The maximum Gasteiger partial charge on any atom is 0.226 e. The minimum atomic E-state index is -0.173. The first-order valence-electron chi connectivity index (χ1n) is 9.20. The van der Waals surface area contributed by atoms with Gasteiger partial charge in [-0.2, -0.15) is 4.98 Å². The number of rotatable bonds is 9. The van der Waals surface area contributed by atoms with Gasteiger partial charge in [-0.3, -0.25) is 4.99 Å². The first kappa shape index (κ1) is 21.3. The van der Waals surface area contributed by atoms with Gasteiger partial charge in [0.25, 0.3) is 0 Å². The number of nitrogens with one attached hydrogen (secondary N) is 2. The molecule has 1 aromatic carbocycles. The second-order valence-corrected chi connectivity index (χ2v) is 7.49. The van der Waals surface area contributed by atoms with Crippen molar-refractivity contribution >= 4 is 21.9 Å². The third-order valence-corrected chi connectivity index (χ3v) is 4.51. The van der Waals surface area contributed by atoms with Crippen LogP contribution < -0.4 is 10.6 Å². The minimum Gasteiger partial charge on any atom is -0.356 e. The summed E-state index contributed by atoms with van der Waals surface area (Å²) in [6.45, 7) is 5.55. The van der Waals surface area contributed by atoms with Crippen LogP contribution in [0.4, 0.5) is 4.39 Å². The third kappa shape index (κ3) is 7.28. The number of hydrogen-bond donors (Lipinski definition) is 2. The van der Waals surface area contributed by atoms with Crippen molar-refractivity contribution in [1.82, 2.24) is 20.8 Å². The van der Waals surface area contributed by atoms with Gasteiger partial charge in [-0.15, -0.1) is 0 Å². The fourth-order valence-electron chi connectivity index (χ4n) is 2.48. The maximum absolute atomic E-state index is 13.8. The van der Waals surface area contributed by atoms with E-state index in [0.29, 0.717) is 12.3 Å². The molecule has 6 nitrogen and oxygen atoms in total. The molecule has 0 atom stereocenters. The lowest BCUT2D eigenvalue weighted by Crippen LogP contribution is -2.38. The molecule has 27 heavy (non-hydrogen) atoms. The van der Waals surface area contributed by atoms with Crippen LogP contribution in [0.2, 0.25) is 0 Å². The molecular weight excluding hydrogens is 413 g/mol. The van der Waals surface area contributed by atoms with Gasteiger partial charge >= 0.3 is 0 Å². The summed E-state index contributed by atoms with van der Waals surface area (Å²) in [5, 5.41) is 10.5. The first-order valence-corrected chi connectivity index (χ1v) is 9.99. The summed E-state index contributed by atoms with van der Waals surface area (Å²) in [6, 6.07) is 5.17. The molecule has 148 valence electrons. The number of halogens is 2. The van der Waals surface area contributed by atoms with Crippen molar-refractivity contribution in [3.8, 4) is 0 Å². The molecule has 1 aromatic heterocycles. The Labute approximate surface area is 168 Å². The zero-order valence-corrected chi connectivity index (χ0v) is 17.6. The molecule has 0 saturated carbocycles. The van der Waals surface area contributed by atoms with Crippen LogP contribution in [0, 0.1) is 5.82 Å². The Morgan fingerprint density at radius 3 is 2.52 bits per heavy atom. The van der Waals surface area contributed by atoms with Crippen molar-refractivity contribution < 1.29 is 8.91 Å². The average molecular weight is 440 g/mol. The van der Waals surface area contributed by atoms with Crippen LogP contribution in [0.3, 0.4) is 0 Å². The van der Waals surface area contributed by atoms with Crippen LogP contribution in [0.15, 0.2) is 32.2 Å². The summed E-state index contributed by atoms with van der Waals surface area (Å²) in [5.74, 6) is 2.25. The lowest BCUT2D eigenvalue weighted by Gasteiger charge is -2.11. The molecule has 1 heterocycles. The summed E-state index contributed by atoms with van der Waals surface area (Å²) in [4.78, 5) is 8.56. The monoisotopic (exact) mass is 439 g/mol. The molecule has 0 aliphatic heterocycles. The Bertz CT molecular complexity index is 747. The molecule has 2 N–H and O–H groups in total. The van der Waals surface area contributed by atoms with Gasteiger partial charge in [-0.05, 0) is 37.0 Å². The standard InChI is InChI=1S/C19H27BrFN5O/c1-13(2)18-25-17(27-26-18)7-5-11-24-19(22-3)23-10-4-6-14-8-9-15(20)12-16(14)21/h8-9,12-13H,4-7,10-11H2,1-3H3,(H2,22,23,24). The summed E-state index contributed by atoms with van der Waals surface area (Å²) < 4.78 is 19.8. The summed E-state index contributed by atoms with van der Waals surface area (Å²) in [6.07, 6.45) is 3.09. The third-order valence-electron chi connectivity index (χ3n) is 4.01. The van der Waals surface area contributed by atoms with Gasteiger partial charge in [-0.25, -0.2) is 4.39 Å². The highest BCUT2D eigenvalue weighted by atomic mass is 79.9. The van der Waals surface area contributed by atoms with E-state index in [2.05, 4.69) is 41.7 Å². The molecular formula is C19H27BrFN5O. The van der Waals surface area contributed by atoms with Crippen molar-refractivity contribution in [3.05, 3.63) is 45.8 Å². The summed E-state index contributed by atoms with van der Waals surface area (Å²) >= 11 is 3.27. The Hall–Kier alpha value is -1.96. The largest absolute Gasteiger partial charge is 0.356 e. The molecule has 0 unspecified atom stereocenters. The van der Waals surface area contributed by atoms with Gasteiger partial charge in [-0.1, -0.05) is 41.0 Å². The zero-order chi connectivity index (χ0) is 19.6. The SMILES string of the molecule is CN=C(NCCCc1nc(C(C)C)no1)NCCCc1ccc(Br)cc1F. The molecule has 0 aliphatic rings. The van der Waals surface area contributed by atoms with E-state index in [4.69, 9.17) is 4.52 Å². The number of aliphatic imine (C=N–C) groups is 1. The molecule has 0 amide bonds. The van der Waals surface area contributed by atoms with Gasteiger partial charge < -0.3 is 15.2 Å². The number of hydrogen-bond acceptors (Lipinski definition) is 4. The molecule has 0 fully saturated rings. The average Bonchev–Trinajstić information content (AvgIpc) is 3.11. The van der Waals surface area contributed by atoms with E-state index >= 15 is 0 Å². The van der Waals surface area contributed by atoms with Crippen LogP contribution in [0.5, 0.6) is 0 Å². The van der Waals surface area contributed by atoms with Crippen molar-refractivity contribution in [2.24, 2.45) is 4.99 Å². The minimum absolute atomic E-state index is 0.173. The van der Waals surface area contributed by atoms with Gasteiger partial charge in [0.05, 0.1) is 0 Å². The van der Waals surface area contributed by atoms with E-state index in [1.54, 1.807) is 7.05 Å². The van der Waals surface area contributed by atoms with Crippen LogP contribution in [0.25, 0.3) is 0 Å². The fourth-order valence-corrected chi connectivity index (χ4v) is 2.81. The molecule has 2 rings (SSSR count). The number of benzene rings is 1. The second-order valence-electron chi connectivity index (χ2n) is 6.57. The van der Waals surface area contributed by atoms with E-state index in [0.717, 1.165) is 54.2 Å². The second kappa shape index (κ2) is 11.0. The predicted molar refractivity (Wildman–Crippen MR) is 108 cm³/mol. The number of aromatic nitrogens is 2. The lowest BCUT2D eigenvalue weighted by molar-refractivity contribution is 0.368. The highest BCUT2D eigenvalue weighted by molar-refractivity contribution is 9.10. The molecule has 0 saturated heterocycles. The normalized spacial score (nSPS) is 11.9. The Morgan fingerprint density at radius 1 is 1.22 bits per heavy atom. The van der Waals surface area contributed by atoms with Crippen molar-refractivity contribution in [2.75, 3.05) is 20.1 Å². The van der Waals surface area contributed by atoms with Crippen LogP contribution in [-0.2, 0) is 12.8 Å². The summed E-state index contributed by atoms with van der Waals surface area (Å²) in [7, 11) is 1.73. The molecule has 0 aliphatic carbocycles. The predicted octanol–water partition coefficient (Wildman–Crippen LogP) is 3.83. The van der Waals surface area contributed by atoms with E-state index in [-0.39, 0.29) is 11.7 Å². The van der Waals surface area contributed by atoms with Crippen molar-refractivity contribution in [1.29, 1.82) is 0 Å². The van der Waals surface area contributed by atoms with E-state index in [1.807, 2.05) is 26.0 Å². The molecule has 0 bridgehead atoms. The fraction of sp³-hybridized carbons (Fsp3) is 0.526.